The Hall–Kier alpha value is -1.13. The highest BCUT2D eigenvalue weighted by Gasteiger charge is 2.42. The minimum Gasteiger partial charge on any atom is -0.487 e. The molecule has 0 radical (unpaired) electrons. The van der Waals surface area contributed by atoms with E-state index in [4.69, 9.17) is 10.5 Å². The Bertz CT molecular complexity index is 483. The standard InChI is InChI=1S/C16H23FN2O/c1-2-7-19-8-5-16(6-9-19)11-14(18)13-4-3-12(17)10-15(13)20-16/h3-4,10,14H,2,5-9,11,18H2,1H3/t14-/m0/s1. The highest BCUT2D eigenvalue weighted by Crippen LogP contribution is 2.43. The second kappa shape index (κ2) is 5.34. The van der Waals surface area contributed by atoms with Gasteiger partial charge in [-0.05, 0) is 31.9 Å². The van der Waals surface area contributed by atoms with Crippen molar-refractivity contribution in [3.63, 3.8) is 0 Å². The molecule has 3 rings (SSSR count). The van der Waals surface area contributed by atoms with Gasteiger partial charge in [0.25, 0.3) is 0 Å². The Balaban J connectivity index is 1.77. The van der Waals surface area contributed by atoms with Crippen LogP contribution in [0.3, 0.4) is 0 Å². The first-order valence-corrected chi connectivity index (χ1v) is 7.58. The summed E-state index contributed by atoms with van der Waals surface area (Å²) in [6.07, 6.45) is 3.99. The van der Waals surface area contributed by atoms with Gasteiger partial charge in [0.1, 0.15) is 17.2 Å². The quantitative estimate of drug-likeness (QED) is 0.904. The molecule has 1 spiro atoms. The molecule has 0 unspecified atom stereocenters. The number of rotatable bonds is 2. The van der Waals surface area contributed by atoms with Crippen LogP contribution in [0.5, 0.6) is 5.75 Å². The van der Waals surface area contributed by atoms with Gasteiger partial charge in [0.15, 0.2) is 0 Å². The van der Waals surface area contributed by atoms with Gasteiger partial charge in [-0.1, -0.05) is 13.0 Å². The van der Waals surface area contributed by atoms with Crippen LogP contribution in [0.1, 0.15) is 44.2 Å². The lowest BCUT2D eigenvalue weighted by Crippen LogP contribution is -2.51. The van der Waals surface area contributed by atoms with Gasteiger partial charge in [-0.2, -0.15) is 0 Å². The highest BCUT2D eigenvalue weighted by atomic mass is 19.1. The second-order valence-corrected chi connectivity index (χ2v) is 6.12. The summed E-state index contributed by atoms with van der Waals surface area (Å²) in [6.45, 7) is 5.44. The number of ether oxygens (including phenoxy) is 1. The van der Waals surface area contributed by atoms with Crippen LogP contribution in [0.4, 0.5) is 4.39 Å². The lowest BCUT2D eigenvalue weighted by molar-refractivity contribution is -0.0218. The maximum atomic E-state index is 13.4. The molecular formula is C16H23FN2O. The molecule has 2 aliphatic rings. The van der Waals surface area contributed by atoms with Crippen LogP contribution in [0.15, 0.2) is 18.2 Å². The van der Waals surface area contributed by atoms with Gasteiger partial charge in [-0.25, -0.2) is 4.39 Å². The average molecular weight is 278 g/mol. The number of nitrogens with two attached hydrogens (primary N) is 1. The highest BCUT2D eigenvalue weighted by molar-refractivity contribution is 5.39. The number of nitrogens with zero attached hydrogens (tertiary/aromatic N) is 1. The molecule has 4 heteroatoms. The molecule has 2 aliphatic heterocycles. The number of piperidine rings is 1. The van der Waals surface area contributed by atoms with E-state index in [2.05, 4.69) is 11.8 Å². The fourth-order valence-corrected chi connectivity index (χ4v) is 3.50. The Kier molecular flexibility index (Phi) is 3.69. The van der Waals surface area contributed by atoms with Crippen LogP contribution in [-0.2, 0) is 0 Å². The molecule has 1 fully saturated rings. The van der Waals surface area contributed by atoms with E-state index in [-0.39, 0.29) is 17.5 Å². The van der Waals surface area contributed by atoms with Crippen LogP contribution in [0.2, 0.25) is 0 Å². The summed E-state index contributed by atoms with van der Waals surface area (Å²) in [5.41, 5.74) is 7.03. The summed E-state index contributed by atoms with van der Waals surface area (Å²) in [5.74, 6) is 0.393. The maximum Gasteiger partial charge on any atom is 0.127 e. The fraction of sp³-hybridized carbons (Fsp3) is 0.625. The minimum atomic E-state index is -0.253. The normalized spacial score (nSPS) is 25.2. The second-order valence-electron chi connectivity index (χ2n) is 6.12. The molecule has 0 aromatic heterocycles. The van der Waals surface area contributed by atoms with Gasteiger partial charge in [-0.3, -0.25) is 0 Å². The molecule has 0 bridgehead atoms. The summed E-state index contributed by atoms with van der Waals surface area (Å²) in [7, 11) is 0. The van der Waals surface area contributed by atoms with Crippen LogP contribution in [-0.4, -0.2) is 30.1 Å². The van der Waals surface area contributed by atoms with Crippen molar-refractivity contribution in [1.82, 2.24) is 4.90 Å². The van der Waals surface area contributed by atoms with Gasteiger partial charge < -0.3 is 15.4 Å². The third-order valence-corrected chi connectivity index (χ3v) is 4.60. The van der Waals surface area contributed by atoms with E-state index in [1.54, 1.807) is 6.07 Å². The average Bonchev–Trinajstić information content (AvgIpc) is 2.41. The van der Waals surface area contributed by atoms with Crippen molar-refractivity contribution >= 4 is 0 Å². The number of fused-ring (bicyclic) bond motifs is 1. The SMILES string of the molecule is CCCN1CCC2(CC1)C[C@H](N)c1ccc(F)cc1O2. The molecule has 0 amide bonds. The van der Waals surface area contributed by atoms with Crippen molar-refractivity contribution in [2.75, 3.05) is 19.6 Å². The number of hydrogen-bond donors (Lipinski definition) is 1. The van der Waals surface area contributed by atoms with Gasteiger partial charge in [0, 0.05) is 37.2 Å². The van der Waals surface area contributed by atoms with Gasteiger partial charge in [0.2, 0.25) is 0 Å². The van der Waals surface area contributed by atoms with Crippen molar-refractivity contribution in [3.05, 3.63) is 29.6 Å². The summed E-state index contributed by atoms with van der Waals surface area (Å²) >= 11 is 0. The zero-order valence-electron chi connectivity index (χ0n) is 12.1. The number of benzene rings is 1. The molecule has 2 heterocycles. The van der Waals surface area contributed by atoms with Crippen molar-refractivity contribution in [2.24, 2.45) is 5.73 Å². The van der Waals surface area contributed by atoms with Gasteiger partial charge in [0.05, 0.1) is 0 Å². The molecule has 20 heavy (non-hydrogen) atoms. The Morgan fingerprint density at radius 1 is 1.40 bits per heavy atom. The van der Waals surface area contributed by atoms with Crippen LogP contribution in [0, 0.1) is 5.82 Å². The van der Waals surface area contributed by atoms with E-state index in [1.165, 1.54) is 18.6 Å². The Labute approximate surface area is 119 Å². The van der Waals surface area contributed by atoms with E-state index in [1.807, 2.05) is 0 Å². The minimum absolute atomic E-state index is 0.0444. The lowest BCUT2D eigenvalue weighted by atomic mass is 9.81. The number of likely N-dealkylation sites (tertiary alicyclic amines) is 1. The van der Waals surface area contributed by atoms with Crippen molar-refractivity contribution in [3.8, 4) is 5.75 Å². The van der Waals surface area contributed by atoms with Crippen molar-refractivity contribution in [2.45, 2.75) is 44.2 Å². The summed E-state index contributed by atoms with van der Waals surface area (Å²) in [5, 5.41) is 0. The molecule has 110 valence electrons. The zero-order valence-corrected chi connectivity index (χ0v) is 12.1. The van der Waals surface area contributed by atoms with E-state index < -0.39 is 0 Å². The van der Waals surface area contributed by atoms with E-state index in [9.17, 15) is 4.39 Å². The largest absolute Gasteiger partial charge is 0.487 e. The first-order chi connectivity index (χ1) is 9.62. The van der Waals surface area contributed by atoms with E-state index in [0.717, 1.165) is 44.5 Å². The number of hydrogen-bond acceptors (Lipinski definition) is 3. The Morgan fingerprint density at radius 2 is 2.15 bits per heavy atom. The zero-order chi connectivity index (χ0) is 14.2. The molecule has 3 nitrogen and oxygen atoms in total. The number of halogens is 1. The molecule has 0 aliphatic carbocycles. The monoisotopic (exact) mass is 278 g/mol. The van der Waals surface area contributed by atoms with Crippen LogP contribution >= 0.6 is 0 Å². The van der Waals surface area contributed by atoms with Crippen LogP contribution < -0.4 is 10.5 Å². The van der Waals surface area contributed by atoms with Crippen LogP contribution in [0.25, 0.3) is 0 Å². The topological polar surface area (TPSA) is 38.5 Å². The molecule has 1 aromatic carbocycles. The summed E-state index contributed by atoms with van der Waals surface area (Å²) in [6, 6.07) is 4.66. The third kappa shape index (κ3) is 2.54. The molecule has 1 atom stereocenters. The third-order valence-electron chi connectivity index (χ3n) is 4.60. The maximum absolute atomic E-state index is 13.4. The van der Waals surface area contributed by atoms with Crippen molar-refractivity contribution in [1.29, 1.82) is 0 Å². The fourth-order valence-electron chi connectivity index (χ4n) is 3.50. The smallest absolute Gasteiger partial charge is 0.127 e. The van der Waals surface area contributed by atoms with E-state index >= 15 is 0 Å². The molecular weight excluding hydrogens is 255 g/mol. The summed E-state index contributed by atoms with van der Waals surface area (Å²) < 4.78 is 19.6. The Morgan fingerprint density at radius 3 is 2.85 bits per heavy atom. The van der Waals surface area contributed by atoms with Crippen molar-refractivity contribution < 1.29 is 9.13 Å². The predicted molar refractivity (Wildman–Crippen MR) is 77.3 cm³/mol. The first-order valence-electron chi connectivity index (χ1n) is 7.58. The molecule has 1 aromatic rings. The lowest BCUT2D eigenvalue weighted by Gasteiger charge is -2.46. The first kappa shape index (κ1) is 13.8. The van der Waals surface area contributed by atoms with Gasteiger partial charge in [-0.15, -0.1) is 0 Å². The molecule has 2 N–H and O–H groups in total. The predicted octanol–water partition coefficient (Wildman–Crippen LogP) is 2.85. The summed E-state index contributed by atoms with van der Waals surface area (Å²) in [4.78, 5) is 2.47. The van der Waals surface area contributed by atoms with E-state index in [0.29, 0.717) is 5.75 Å². The molecule has 0 saturated carbocycles. The molecule has 1 saturated heterocycles. The van der Waals surface area contributed by atoms with Gasteiger partial charge >= 0.3 is 0 Å².